The zero-order chi connectivity index (χ0) is 8.02. The van der Waals surface area contributed by atoms with Crippen LogP contribution in [0.4, 0.5) is 0 Å². The molecule has 0 aromatic carbocycles. The Morgan fingerprint density at radius 1 is 1.33 bits per heavy atom. The molecule has 3 heterocycles. The van der Waals surface area contributed by atoms with Crippen molar-refractivity contribution < 1.29 is 4.74 Å². The van der Waals surface area contributed by atoms with E-state index in [1.807, 2.05) is 0 Å². The van der Waals surface area contributed by atoms with Crippen LogP contribution in [0.5, 0.6) is 0 Å². The normalized spacial score (nSPS) is 39.5. The van der Waals surface area contributed by atoms with Gasteiger partial charge in [-0.2, -0.15) is 0 Å². The first kappa shape index (κ1) is 7.30. The number of nitrogens with zero attached hydrogens (tertiary/aromatic N) is 1. The van der Waals surface area contributed by atoms with E-state index in [-0.39, 0.29) is 0 Å². The van der Waals surface area contributed by atoms with E-state index in [2.05, 4.69) is 10.2 Å². The summed E-state index contributed by atoms with van der Waals surface area (Å²) in [6, 6.07) is 0.830. The summed E-state index contributed by atoms with van der Waals surface area (Å²) in [5, 5.41) is 3.41. The molecule has 1 atom stereocenters. The van der Waals surface area contributed by atoms with E-state index in [0.717, 1.165) is 19.3 Å². The Bertz CT molecular complexity index is 177. The molecule has 12 heavy (non-hydrogen) atoms. The average Bonchev–Trinajstić information content (AvgIpc) is 2.32. The fourth-order valence-corrected chi connectivity index (χ4v) is 2.60. The zero-order valence-electron chi connectivity index (χ0n) is 7.38. The molecule has 0 radical (unpaired) electrons. The summed E-state index contributed by atoms with van der Waals surface area (Å²) in [7, 11) is 0. The fourth-order valence-electron chi connectivity index (χ4n) is 2.60. The van der Waals surface area contributed by atoms with Crippen molar-refractivity contribution >= 4 is 0 Å². The van der Waals surface area contributed by atoms with Crippen LogP contribution in [0.1, 0.15) is 6.42 Å². The third-order valence-electron chi connectivity index (χ3n) is 3.44. The highest BCUT2D eigenvalue weighted by atomic mass is 16.5. The molecule has 68 valence electrons. The number of nitrogens with one attached hydrogen (secondary N) is 1. The largest absolute Gasteiger partial charge is 0.380 e. The Hall–Kier alpha value is -0.120. The molecule has 0 amide bonds. The second kappa shape index (κ2) is 2.44. The topological polar surface area (TPSA) is 24.5 Å². The highest BCUT2D eigenvalue weighted by Gasteiger charge is 2.50. The van der Waals surface area contributed by atoms with Crippen LogP contribution >= 0.6 is 0 Å². The maximum atomic E-state index is 5.25. The van der Waals surface area contributed by atoms with Gasteiger partial charge in [0.25, 0.3) is 0 Å². The van der Waals surface area contributed by atoms with E-state index in [4.69, 9.17) is 4.74 Å². The minimum Gasteiger partial charge on any atom is -0.380 e. The van der Waals surface area contributed by atoms with Crippen molar-refractivity contribution in [3.05, 3.63) is 0 Å². The lowest BCUT2D eigenvalue weighted by molar-refractivity contribution is -0.196. The molecular formula is C9H16N2O. The van der Waals surface area contributed by atoms with Crippen molar-refractivity contribution in [2.24, 2.45) is 5.41 Å². The molecule has 0 saturated carbocycles. The molecule has 3 nitrogen and oxygen atoms in total. The molecule has 1 N–H and O–H groups in total. The highest BCUT2D eigenvalue weighted by molar-refractivity contribution is 5.02. The number of hydrogen-bond donors (Lipinski definition) is 1. The Labute approximate surface area is 73.1 Å². The summed E-state index contributed by atoms with van der Waals surface area (Å²) in [5.74, 6) is 0. The third-order valence-corrected chi connectivity index (χ3v) is 3.44. The summed E-state index contributed by atoms with van der Waals surface area (Å²) >= 11 is 0. The van der Waals surface area contributed by atoms with Gasteiger partial charge in [0.2, 0.25) is 0 Å². The number of ether oxygens (including phenoxy) is 1. The van der Waals surface area contributed by atoms with Gasteiger partial charge in [-0.3, -0.25) is 4.90 Å². The molecule has 0 unspecified atom stereocenters. The Morgan fingerprint density at radius 2 is 2.17 bits per heavy atom. The van der Waals surface area contributed by atoms with Crippen LogP contribution in [0.15, 0.2) is 0 Å². The first-order valence-corrected chi connectivity index (χ1v) is 4.91. The van der Waals surface area contributed by atoms with Crippen LogP contribution in [-0.4, -0.2) is 50.3 Å². The molecular weight excluding hydrogens is 152 g/mol. The smallest absolute Gasteiger partial charge is 0.0569 e. The zero-order valence-corrected chi connectivity index (χ0v) is 7.38. The molecule has 0 aromatic rings. The predicted octanol–water partition coefficient (Wildman–Crippen LogP) is -0.319. The number of hydrogen-bond acceptors (Lipinski definition) is 3. The number of likely N-dealkylation sites (tertiary alicyclic amines) is 1. The Morgan fingerprint density at radius 3 is 2.67 bits per heavy atom. The molecule has 3 fully saturated rings. The van der Waals surface area contributed by atoms with Crippen molar-refractivity contribution in [1.29, 1.82) is 0 Å². The van der Waals surface area contributed by atoms with Crippen LogP contribution in [0, 0.1) is 5.41 Å². The molecule has 3 aliphatic rings. The van der Waals surface area contributed by atoms with E-state index in [1.54, 1.807) is 0 Å². The van der Waals surface area contributed by atoms with Crippen LogP contribution in [0.3, 0.4) is 0 Å². The predicted molar refractivity (Wildman–Crippen MR) is 46.1 cm³/mol. The van der Waals surface area contributed by atoms with E-state index < -0.39 is 0 Å². The second-order valence-electron chi connectivity index (χ2n) is 4.54. The molecule has 0 aromatic heterocycles. The van der Waals surface area contributed by atoms with Crippen molar-refractivity contribution in [2.75, 3.05) is 39.4 Å². The minimum atomic E-state index is 0.600. The minimum absolute atomic E-state index is 0.600. The van der Waals surface area contributed by atoms with E-state index in [0.29, 0.717) is 5.41 Å². The first-order valence-electron chi connectivity index (χ1n) is 4.91. The summed E-state index contributed by atoms with van der Waals surface area (Å²) in [5.41, 5.74) is 0.600. The molecule has 3 heteroatoms. The van der Waals surface area contributed by atoms with Gasteiger partial charge in [0.05, 0.1) is 13.2 Å². The van der Waals surface area contributed by atoms with Crippen LogP contribution in [-0.2, 0) is 4.74 Å². The third kappa shape index (κ3) is 0.934. The van der Waals surface area contributed by atoms with Gasteiger partial charge < -0.3 is 10.1 Å². The van der Waals surface area contributed by atoms with Gasteiger partial charge in [0, 0.05) is 31.1 Å². The first-order chi connectivity index (χ1) is 5.88. The monoisotopic (exact) mass is 168 g/mol. The summed E-state index contributed by atoms with van der Waals surface area (Å²) in [4.78, 5) is 2.61. The van der Waals surface area contributed by atoms with Gasteiger partial charge in [0.15, 0.2) is 0 Å². The van der Waals surface area contributed by atoms with Gasteiger partial charge in [-0.05, 0) is 13.0 Å². The van der Waals surface area contributed by atoms with Crippen molar-refractivity contribution in [1.82, 2.24) is 10.2 Å². The molecule has 0 bridgehead atoms. The lowest BCUT2D eigenvalue weighted by atomic mass is 9.77. The maximum absolute atomic E-state index is 5.25. The Balaban J connectivity index is 1.54. The maximum Gasteiger partial charge on any atom is 0.0569 e. The lowest BCUT2D eigenvalue weighted by Crippen LogP contribution is -2.68. The fraction of sp³-hybridized carbons (Fsp3) is 1.00. The van der Waals surface area contributed by atoms with E-state index >= 15 is 0 Å². The van der Waals surface area contributed by atoms with Crippen molar-refractivity contribution in [3.8, 4) is 0 Å². The SMILES string of the molecule is C1C[C@H](N2CC3(COC3)C2)CN1. The van der Waals surface area contributed by atoms with Crippen LogP contribution < -0.4 is 5.32 Å². The summed E-state index contributed by atoms with van der Waals surface area (Å²) < 4.78 is 5.25. The molecule has 0 aliphatic carbocycles. The molecule has 3 rings (SSSR count). The lowest BCUT2D eigenvalue weighted by Gasteiger charge is -2.57. The second-order valence-corrected chi connectivity index (χ2v) is 4.54. The van der Waals surface area contributed by atoms with E-state index in [1.165, 1.54) is 32.6 Å². The molecule has 3 saturated heterocycles. The summed E-state index contributed by atoms with van der Waals surface area (Å²) in [6.07, 6.45) is 1.34. The van der Waals surface area contributed by atoms with Crippen molar-refractivity contribution in [2.45, 2.75) is 12.5 Å². The van der Waals surface area contributed by atoms with Crippen molar-refractivity contribution in [3.63, 3.8) is 0 Å². The highest BCUT2D eigenvalue weighted by Crippen LogP contribution is 2.39. The van der Waals surface area contributed by atoms with Gasteiger partial charge in [-0.15, -0.1) is 0 Å². The average molecular weight is 168 g/mol. The van der Waals surface area contributed by atoms with Gasteiger partial charge in [-0.25, -0.2) is 0 Å². The molecule has 3 aliphatic heterocycles. The Kier molecular flexibility index (Phi) is 1.48. The standard InChI is InChI=1S/C9H16N2O/c1-2-10-3-8(1)11-4-9(5-11)6-12-7-9/h8,10H,1-7H2/t8-/m0/s1. The van der Waals surface area contributed by atoms with Crippen LogP contribution in [0.2, 0.25) is 0 Å². The van der Waals surface area contributed by atoms with Gasteiger partial charge in [0.1, 0.15) is 0 Å². The molecule has 1 spiro atoms. The summed E-state index contributed by atoms with van der Waals surface area (Å²) in [6.45, 7) is 7.04. The van der Waals surface area contributed by atoms with Gasteiger partial charge in [-0.1, -0.05) is 0 Å². The number of rotatable bonds is 1. The quantitative estimate of drug-likeness (QED) is 0.581. The van der Waals surface area contributed by atoms with Crippen LogP contribution in [0.25, 0.3) is 0 Å². The van der Waals surface area contributed by atoms with Gasteiger partial charge >= 0.3 is 0 Å². The van der Waals surface area contributed by atoms with E-state index in [9.17, 15) is 0 Å².